The lowest BCUT2D eigenvalue weighted by Crippen LogP contribution is -2.74. The normalized spacial score (nSPS) is 19.3. The van der Waals surface area contributed by atoms with Crippen molar-refractivity contribution < 1.29 is 0 Å². The lowest BCUT2D eigenvalue weighted by molar-refractivity contribution is 0.195. The van der Waals surface area contributed by atoms with E-state index in [2.05, 4.69) is 205 Å². The van der Waals surface area contributed by atoms with E-state index in [1.54, 1.807) is 0 Å². The van der Waals surface area contributed by atoms with Gasteiger partial charge in [-0.25, -0.2) is 0 Å². The molecule has 2 unspecified atom stereocenters. The predicted octanol–water partition coefficient (Wildman–Crippen LogP) is 9.77. The second-order valence-electron chi connectivity index (χ2n) is 15.9. The van der Waals surface area contributed by atoms with E-state index in [0.29, 0.717) is 0 Å². The Hall–Kier alpha value is -6.15. The van der Waals surface area contributed by atoms with Crippen LogP contribution in [0.3, 0.4) is 0 Å². The van der Waals surface area contributed by atoms with Crippen molar-refractivity contribution in [1.82, 2.24) is 4.57 Å². The molecule has 2 atom stereocenters. The first-order valence-electron chi connectivity index (χ1n) is 19.6. The Kier molecular flexibility index (Phi) is 7.73. The van der Waals surface area contributed by atoms with Gasteiger partial charge in [0.1, 0.15) is 6.07 Å². The molecule has 0 bridgehead atoms. The number of anilines is 2. The topological polar surface area (TPSA) is 32.0 Å². The van der Waals surface area contributed by atoms with E-state index in [9.17, 15) is 5.26 Å². The lowest BCUT2D eigenvalue weighted by atomic mass is 9.61. The number of hydrogen-bond acceptors (Lipinski definition) is 2. The van der Waals surface area contributed by atoms with Crippen LogP contribution in [-0.2, 0) is 5.41 Å². The predicted molar refractivity (Wildman–Crippen MR) is 232 cm³/mol. The zero-order chi connectivity index (χ0) is 37.2. The van der Waals surface area contributed by atoms with Crippen molar-refractivity contribution in [3.63, 3.8) is 0 Å². The number of fused-ring (bicyclic) bond motifs is 6. The Morgan fingerprint density at radius 3 is 1.82 bits per heavy atom. The van der Waals surface area contributed by atoms with Crippen molar-refractivity contribution in [1.29, 1.82) is 5.26 Å². The van der Waals surface area contributed by atoms with Gasteiger partial charge in [-0.1, -0.05) is 159 Å². The van der Waals surface area contributed by atoms with E-state index in [1.807, 2.05) is 0 Å². The third kappa shape index (κ3) is 4.66. The molecule has 1 saturated carbocycles. The maximum absolute atomic E-state index is 10.9. The highest BCUT2D eigenvalue weighted by Crippen LogP contribution is 2.62. The van der Waals surface area contributed by atoms with Crippen LogP contribution in [0.1, 0.15) is 50.7 Å². The Balaban J connectivity index is 1.28. The Bertz CT molecular complexity index is 2670. The van der Waals surface area contributed by atoms with Gasteiger partial charge >= 0.3 is 0 Å². The number of aromatic nitrogens is 1. The zero-order valence-corrected chi connectivity index (χ0v) is 32.4. The number of rotatable bonds is 6. The molecule has 0 N–H and O–H groups in total. The van der Waals surface area contributed by atoms with Gasteiger partial charge in [0.15, 0.2) is 8.07 Å². The largest absolute Gasteiger partial charge is 0.333 e. The number of para-hydroxylation sites is 2. The molecular formula is C51H43N3Si. The molecule has 1 aliphatic heterocycles. The van der Waals surface area contributed by atoms with E-state index in [1.165, 1.54) is 44.8 Å². The quantitative estimate of drug-likeness (QED) is 0.126. The van der Waals surface area contributed by atoms with Gasteiger partial charge in [-0.05, 0) is 82.5 Å². The summed E-state index contributed by atoms with van der Waals surface area (Å²) in [6, 6.07) is 67.4. The summed E-state index contributed by atoms with van der Waals surface area (Å²) in [5.74, 6) is 0. The highest BCUT2D eigenvalue weighted by atomic mass is 28.3. The highest BCUT2D eigenvalue weighted by molar-refractivity contribution is 7.19. The first-order chi connectivity index (χ1) is 27.0. The molecule has 10 rings (SSSR count). The summed E-state index contributed by atoms with van der Waals surface area (Å²) < 4.78 is 2.45. The lowest BCUT2D eigenvalue weighted by Gasteiger charge is -2.50. The van der Waals surface area contributed by atoms with Gasteiger partial charge < -0.3 is 9.47 Å². The van der Waals surface area contributed by atoms with Gasteiger partial charge in [-0.2, -0.15) is 5.26 Å². The second kappa shape index (κ2) is 12.7. The van der Waals surface area contributed by atoms with Crippen LogP contribution in [0.15, 0.2) is 176 Å². The molecule has 1 fully saturated rings. The standard InChI is InChI=1S/C51H43N3Si/c1-50-33-16-17-34-51(50,2)54(46-30-15-13-28-44(46)50)49-37(36-52)31-32-47-48(49)43-27-12-14-29-45(43)53(47)38-19-18-26-42(35-38)55(39-20-6-3-7-21-39,40-22-8-4-9-23-40)41-24-10-5-11-25-41/h3-15,18-32,35H,16-17,33-34H2,1-2H3. The molecule has 0 radical (unpaired) electrons. The number of benzene rings is 7. The Morgan fingerprint density at radius 1 is 0.564 bits per heavy atom. The molecule has 4 heteroatoms. The van der Waals surface area contributed by atoms with E-state index in [4.69, 9.17) is 0 Å². The average Bonchev–Trinajstić information content (AvgIpc) is 3.69. The van der Waals surface area contributed by atoms with Crippen LogP contribution < -0.4 is 25.6 Å². The summed E-state index contributed by atoms with van der Waals surface area (Å²) in [7, 11) is -2.77. The third-order valence-corrected chi connectivity index (χ3v) is 18.1. The maximum Gasteiger partial charge on any atom is 0.179 e. The molecule has 0 saturated heterocycles. The minimum Gasteiger partial charge on any atom is -0.333 e. The monoisotopic (exact) mass is 725 g/mol. The van der Waals surface area contributed by atoms with Crippen molar-refractivity contribution in [2.75, 3.05) is 4.90 Å². The van der Waals surface area contributed by atoms with Crippen molar-refractivity contribution in [3.05, 3.63) is 187 Å². The van der Waals surface area contributed by atoms with Crippen LogP contribution in [0.4, 0.5) is 11.4 Å². The molecule has 1 aromatic heterocycles. The van der Waals surface area contributed by atoms with Crippen LogP contribution in [0.5, 0.6) is 0 Å². The molecule has 55 heavy (non-hydrogen) atoms. The van der Waals surface area contributed by atoms with Crippen LogP contribution in [-0.4, -0.2) is 18.2 Å². The Morgan fingerprint density at radius 2 is 1.15 bits per heavy atom. The zero-order valence-electron chi connectivity index (χ0n) is 31.4. The van der Waals surface area contributed by atoms with Crippen LogP contribution in [0.25, 0.3) is 27.5 Å². The van der Waals surface area contributed by atoms with Crippen LogP contribution in [0, 0.1) is 11.3 Å². The number of hydrogen-bond donors (Lipinski definition) is 0. The van der Waals surface area contributed by atoms with Gasteiger partial charge in [0, 0.05) is 27.6 Å². The first kappa shape index (κ1) is 33.4. The van der Waals surface area contributed by atoms with Crippen LogP contribution in [0.2, 0.25) is 0 Å². The van der Waals surface area contributed by atoms with Crippen molar-refractivity contribution in [2.24, 2.45) is 0 Å². The summed E-state index contributed by atoms with van der Waals surface area (Å²) in [4.78, 5) is 2.59. The molecule has 2 aliphatic rings. The van der Waals surface area contributed by atoms with E-state index < -0.39 is 8.07 Å². The van der Waals surface area contributed by atoms with Crippen LogP contribution >= 0.6 is 0 Å². The first-order valence-corrected chi connectivity index (χ1v) is 21.6. The smallest absolute Gasteiger partial charge is 0.179 e. The minimum absolute atomic E-state index is 0.0241. The van der Waals surface area contributed by atoms with Gasteiger partial charge in [-0.15, -0.1) is 0 Å². The molecule has 8 aromatic rings. The molecule has 3 nitrogen and oxygen atoms in total. The van der Waals surface area contributed by atoms with Gasteiger partial charge in [0.25, 0.3) is 0 Å². The van der Waals surface area contributed by atoms with E-state index >= 15 is 0 Å². The summed E-state index contributed by atoms with van der Waals surface area (Å²) >= 11 is 0. The molecule has 266 valence electrons. The molecule has 7 aromatic carbocycles. The molecule has 0 spiro atoms. The summed E-state index contributed by atoms with van der Waals surface area (Å²) in [6.07, 6.45) is 4.61. The fourth-order valence-electron chi connectivity index (χ4n) is 10.6. The fourth-order valence-corrected chi connectivity index (χ4v) is 15.4. The minimum atomic E-state index is -2.77. The number of nitrogens with zero attached hydrogens (tertiary/aromatic N) is 3. The number of nitriles is 1. The second-order valence-corrected chi connectivity index (χ2v) is 19.7. The SMILES string of the molecule is CC12CCCCC1(C)N(c1c(C#N)ccc3c1c1ccccc1n3-c1cccc([Si](c3ccccc3)(c3ccccc3)c3ccccc3)c1)c1ccccc12. The van der Waals surface area contributed by atoms with E-state index in [0.717, 1.165) is 51.6 Å². The average molecular weight is 726 g/mol. The van der Waals surface area contributed by atoms with Crippen molar-refractivity contribution in [2.45, 2.75) is 50.5 Å². The van der Waals surface area contributed by atoms with Gasteiger partial charge in [0.05, 0.1) is 27.8 Å². The van der Waals surface area contributed by atoms with Crippen molar-refractivity contribution in [3.8, 4) is 11.8 Å². The van der Waals surface area contributed by atoms with E-state index in [-0.39, 0.29) is 11.0 Å². The Labute approximate surface area is 324 Å². The molecule has 0 amide bonds. The molecular weight excluding hydrogens is 683 g/mol. The van der Waals surface area contributed by atoms with Crippen molar-refractivity contribution >= 4 is 62.0 Å². The summed E-state index contributed by atoms with van der Waals surface area (Å²) in [5, 5.41) is 18.6. The molecule has 2 heterocycles. The van der Waals surface area contributed by atoms with Gasteiger partial charge in [-0.3, -0.25) is 0 Å². The van der Waals surface area contributed by atoms with Gasteiger partial charge in [0.2, 0.25) is 0 Å². The summed E-state index contributed by atoms with van der Waals surface area (Å²) in [6.45, 7) is 4.92. The fraction of sp³-hybridized carbons (Fsp3) is 0.157. The third-order valence-electron chi connectivity index (χ3n) is 13.3. The summed E-state index contributed by atoms with van der Waals surface area (Å²) in [5.41, 5.74) is 7.57. The maximum atomic E-state index is 10.9. The molecule has 1 aliphatic carbocycles. The highest BCUT2D eigenvalue weighted by Gasteiger charge is 2.58.